The highest BCUT2D eigenvalue weighted by atomic mass is 79.9. The maximum atomic E-state index is 12.1. The number of sulfone groups is 1. The first kappa shape index (κ1) is 39.6. The highest BCUT2D eigenvalue weighted by Crippen LogP contribution is 2.41. The number of nitrogens with one attached hydrogen (secondary N) is 1. The number of hydrogen-bond donors (Lipinski definition) is 4. The van der Waals surface area contributed by atoms with E-state index in [2.05, 4.69) is 49.4 Å². The molecule has 15 heteroatoms. The molecule has 6 rings (SSSR count). The van der Waals surface area contributed by atoms with E-state index >= 15 is 0 Å². The van der Waals surface area contributed by atoms with Gasteiger partial charge >= 0.3 is 5.97 Å². The fourth-order valence-corrected chi connectivity index (χ4v) is 7.78. The quantitative estimate of drug-likeness (QED) is 0.0926. The van der Waals surface area contributed by atoms with Gasteiger partial charge in [0.15, 0.2) is 9.84 Å². The number of aliphatic carboxylic acids is 1. The van der Waals surface area contributed by atoms with E-state index in [1.807, 2.05) is 36.4 Å². The molecule has 0 aliphatic heterocycles. The summed E-state index contributed by atoms with van der Waals surface area (Å²) in [6, 6.07) is 21.0. The third-order valence-corrected chi connectivity index (χ3v) is 11.7. The van der Waals surface area contributed by atoms with Crippen molar-refractivity contribution in [3.8, 4) is 34.0 Å². The number of aliphatic hydroxyl groups excluding tert-OH is 1. The van der Waals surface area contributed by atoms with Crippen LogP contribution < -0.4 is 20.5 Å². The van der Waals surface area contributed by atoms with Gasteiger partial charge in [-0.3, -0.25) is 15.1 Å². The van der Waals surface area contributed by atoms with E-state index in [0.717, 1.165) is 41.4 Å². The molecule has 1 unspecified atom stereocenters. The van der Waals surface area contributed by atoms with E-state index in [1.54, 1.807) is 6.07 Å². The Labute approximate surface area is 331 Å². The van der Waals surface area contributed by atoms with Gasteiger partial charge in [0.2, 0.25) is 11.8 Å². The molecule has 282 valence electrons. The van der Waals surface area contributed by atoms with E-state index in [-0.39, 0.29) is 42.5 Å². The number of fused-ring (bicyclic) bond motifs is 1. The Morgan fingerprint density at radius 3 is 2.35 bits per heavy atom. The zero-order valence-electron chi connectivity index (χ0n) is 29.3. The molecule has 0 fully saturated rings. The zero-order chi connectivity index (χ0) is 38.8. The van der Waals surface area contributed by atoms with Crippen LogP contribution in [-0.4, -0.2) is 59.0 Å². The number of carboxylic acid groups (broad SMARTS) is 1. The average Bonchev–Trinajstić information content (AvgIpc) is 3.52. The van der Waals surface area contributed by atoms with E-state index in [4.69, 9.17) is 38.4 Å². The van der Waals surface area contributed by atoms with Gasteiger partial charge in [-0.2, -0.15) is 4.98 Å². The lowest BCUT2D eigenvalue weighted by Crippen LogP contribution is -2.52. The van der Waals surface area contributed by atoms with E-state index in [1.165, 1.54) is 36.5 Å². The molecule has 0 bridgehead atoms. The van der Waals surface area contributed by atoms with Crippen molar-refractivity contribution in [2.75, 3.05) is 12.9 Å². The van der Waals surface area contributed by atoms with Gasteiger partial charge in [0.05, 0.1) is 26.0 Å². The topological polar surface area (TPSA) is 174 Å². The highest BCUT2D eigenvalue weighted by Gasteiger charge is 2.32. The van der Waals surface area contributed by atoms with Crippen LogP contribution in [0.1, 0.15) is 34.7 Å². The second-order valence-electron chi connectivity index (χ2n) is 13.4. The van der Waals surface area contributed by atoms with Gasteiger partial charge in [-0.15, -0.1) is 0 Å². The third-order valence-electron chi connectivity index (χ3n) is 9.23. The summed E-state index contributed by atoms with van der Waals surface area (Å²) in [5, 5.41) is 23.3. The number of ether oxygens (including phenoxy) is 2. The fourth-order valence-electron chi connectivity index (χ4n) is 6.06. The summed E-state index contributed by atoms with van der Waals surface area (Å²) < 4.78 is 36.8. The minimum absolute atomic E-state index is 0.0135. The Morgan fingerprint density at radius 2 is 1.63 bits per heavy atom. The number of aromatic nitrogens is 2. The minimum Gasteiger partial charge on any atom is -0.480 e. The Morgan fingerprint density at radius 1 is 0.944 bits per heavy atom. The SMILES string of the molecule is CC(CO)(NCc1cc(Br)c(OCc2cccc(-c3cccc(-c4ccc5c(c4)C[C@@H](N)C5)c3Cl)c2Cl)nc1OCc1cncc(S(C)(=O)=O)c1)C(=O)O. The van der Waals surface area contributed by atoms with Gasteiger partial charge in [-0.1, -0.05) is 77.8 Å². The number of hydrogen-bond acceptors (Lipinski definition) is 10. The van der Waals surface area contributed by atoms with Crippen molar-refractivity contribution in [1.82, 2.24) is 15.3 Å². The Hall–Kier alpha value is -4.08. The maximum Gasteiger partial charge on any atom is 0.326 e. The summed E-state index contributed by atoms with van der Waals surface area (Å²) in [5.74, 6) is -1.02. The highest BCUT2D eigenvalue weighted by molar-refractivity contribution is 9.10. The molecular formula is C39H37BrCl2N4O7S. The number of halogens is 3. The van der Waals surface area contributed by atoms with Gasteiger partial charge in [-0.25, -0.2) is 8.42 Å². The molecule has 2 heterocycles. The number of nitrogens with two attached hydrogens (primary N) is 1. The molecule has 2 aromatic heterocycles. The van der Waals surface area contributed by atoms with E-state index < -0.39 is 28.0 Å². The molecule has 1 aliphatic carbocycles. The van der Waals surface area contributed by atoms with Crippen LogP contribution in [0.5, 0.6) is 11.8 Å². The Kier molecular flexibility index (Phi) is 12.0. The van der Waals surface area contributed by atoms with Crippen LogP contribution in [0.2, 0.25) is 10.0 Å². The molecule has 0 spiro atoms. The number of carbonyl (C=O) groups is 1. The van der Waals surface area contributed by atoms with Gasteiger partial charge < -0.3 is 25.4 Å². The largest absolute Gasteiger partial charge is 0.480 e. The minimum atomic E-state index is -3.52. The summed E-state index contributed by atoms with van der Waals surface area (Å²) in [4.78, 5) is 20.5. The average molecular weight is 857 g/mol. The number of rotatable bonds is 14. The molecule has 5 N–H and O–H groups in total. The number of aliphatic hydroxyl groups is 1. The number of pyridine rings is 2. The molecule has 0 amide bonds. The second-order valence-corrected chi connectivity index (χ2v) is 17.0. The molecule has 54 heavy (non-hydrogen) atoms. The van der Waals surface area contributed by atoms with Crippen molar-refractivity contribution in [2.24, 2.45) is 5.73 Å². The lowest BCUT2D eigenvalue weighted by atomic mass is 9.96. The molecule has 1 aliphatic rings. The van der Waals surface area contributed by atoms with Crippen LogP contribution >= 0.6 is 39.1 Å². The predicted molar refractivity (Wildman–Crippen MR) is 211 cm³/mol. The van der Waals surface area contributed by atoms with Crippen LogP contribution in [0.3, 0.4) is 0 Å². The maximum absolute atomic E-state index is 12.1. The van der Waals surface area contributed by atoms with Crippen LogP contribution in [-0.2, 0) is 47.2 Å². The third kappa shape index (κ3) is 8.73. The lowest BCUT2D eigenvalue weighted by molar-refractivity contribution is -0.145. The van der Waals surface area contributed by atoms with Crippen LogP contribution in [0.15, 0.2) is 88.5 Å². The van der Waals surface area contributed by atoms with Crippen molar-refractivity contribution in [2.45, 2.75) is 56.0 Å². The molecule has 0 saturated carbocycles. The second kappa shape index (κ2) is 16.3. The summed E-state index contributed by atoms with van der Waals surface area (Å²) in [6.07, 6.45) is 5.49. The van der Waals surface area contributed by atoms with Crippen molar-refractivity contribution in [3.05, 3.63) is 121 Å². The molecular weight excluding hydrogens is 819 g/mol. The smallest absolute Gasteiger partial charge is 0.326 e. The van der Waals surface area contributed by atoms with Crippen molar-refractivity contribution < 1.29 is 32.9 Å². The van der Waals surface area contributed by atoms with Gasteiger partial charge in [0.25, 0.3) is 0 Å². The summed E-state index contributed by atoms with van der Waals surface area (Å²) in [5.41, 5.74) is 12.0. The van der Waals surface area contributed by atoms with E-state index in [0.29, 0.717) is 31.2 Å². The first-order valence-electron chi connectivity index (χ1n) is 16.8. The standard InChI is InChI=1S/C39H37BrCl2N4O7S/c1-39(21-47,38(48)49)45-17-27-15-33(40)37(46-36(27)52-19-22-11-29(18-44-16-22)54(2,50)51)53-20-25-5-3-7-31(34(25)41)32-8-4-6-30(35(32)42)24-10-9-23-13-28(43)14-26(23)12-24/h3-12,15-16,18,28,45,47H,13-14,17,19-21,43H2,1-2H3,(H,48,49)/t28-,39?/m0/s1. The molecule has 2 atom stereocenters. The Bertz CT molecular complexity index is 2350. The van der Waals surface area contributed by atoms with Crippen LogP contribution in [0, 0.1) is 0 Å². The summed E-state index contributed by atoms with van der Waals surface area (Å²) in [7, 11) is -3.52. The monoisotopic (exact) mass is 854 g/mol. The van der Waals surface area contributed by atoms with Crippen molar-refractivity contribution in [1.29, 1.82) is 0 Å². The predicted octanol–water partition coefficient (Wildman–Crippen LogP) is 6.79. The molecule has 5 aromatic rings. The number of carboxylic acids is 1. The Balaban J connectivity index is 1.26. The first-order valence-corrected chi connectivity index (χ1v) is 20.2. The number of benzene rings is 3. The van der Waals surface area contributed by atoms with Gasteiger partial charge in [0.1, 0.15) is 18.8 Å². The van der Waals surface area contributed by atoms with Crippen molar-refractivity contribution in [3.63, 3.8) is 0 Å². The van der Waals surface area contributed by atoms with Gasteiger partial charge in [-0.05, 0) is 64.5 Å². The molecule has 0 radical (unpaired) electrons. The normalized spacial score (nSPS) is 15.1. The summed E-state index contributed by atoms with van der Waals surface area (Å²) >= 11 is 17.6. The number of nitrogens with zero attached hydrogens (tertiary/aromatic N) is 2. The lowest BCUT2D eigenvalue weighted by Gasteiger charge is -2.24. The van der Waals surface area contributed by atoms with Crippen LogP contribution in [0.25, 0.3) is 22.3 Å². The van der Waals surface area contributed by atoms with Gasteiger partial charge in [0, 0.05) is 64.6 Å². The molecule has 11 nitrogen and oxygen atoms in total. The molecule has 0 saturated heterocycles. The van der Waals surface area contributed by atoms with E-state index in [9.17, 15) is 23.4 Å². The fraction of sp³-hybridized carbons (Fsp3) is 0.256. The zero-order valence-corrected chi connectivity index (χ0v) is 33.2. The first-order chi connectivity index (χ1) is 25.7. The summed E-state index contributed by atoms with van der Waals surface area (Å²) in [6.45, 7) is 0.526. The molecule has 3 aromatic carbocycles. The van der Waals surface area contributed by atoms with Crippen LogP contribution in [0.4, 0.5) is 0 Å². The van der Waals surface area contributed by atoms with Crippen molar-refractivity contribution >= 4 is 54.9 Å².